The second-order valence-electron chi connectivity index (χ2n) is 8.13. The average molecular weight is 423 g/mol. The minimum Gasteiger partial charge on any atom is -0.350 e. The second kappa shape index (κ2) is 9.85. The molecule has 8 nitrogen and oxygen atoms in total. The molecule has 4 rings (SSSR count). The molecule has 3 aromatic rings. The number of benzene rings is 1. The highest BCUT2D eigenvalue weighted by Crippen LogP contribution is 2.15. The third kappa shape index (κ3) is 4.68. The molecule has 31 heavy (non-hydrogen) atoms. The first-order valence-corrected chi connectivity index (χ1v) is 11.4. The van der Waals surface area contributed by atoms with Crippen molar-refractivity contribution in [1.29, 1.82) is 0 Å². The topological polar surface area (TPSA) is 94.7 Å². The molecule has 0 aliphatic carbocycles. The van der Waals surface area contributed by atoms with E-state index >= 15 is 0 Å². The molecule has 1 aromatic carbocycles. The van der Waals surface area contributed by atoms with Gasteiger partial charge in [-0.3, -0.25) is 9.59 Å². The zero-order valence-electron chi connectivity index (χ0n) is 18.1. The predicted molar refractivity (Wildman–Crippen MR) is 119 cm³/mol. The van der Waals surface area contributed by atoms with Gasteiger partial charge in [0.2, 0.25) is 0 Å². The van der Waals surface area contributed by atoms with Crippen molar-refractivity contribution in [3.63, 3.8) is 0 Å². The Kier molecular flexibility index (Phi) is 6.74. The summed E-state index contributed by atoms with van der Waals surface area (Å²) in [5.74, 6) is 1.70. The van der Waals surface area contributed by atoms with Crippen LogP contribution in [0.3, 0.4) is 0 Å². The molecule has 0 radical (unpaired) electrons. The van der Waals surface area contributed by atoms with E-state index in [-0.39, 0.29) is 11.5 Å². The van der Waals surface area contributed by atoms with Crippen LogP contribution in [0.1, 0.15) is 67.6 Å². The van der Waals surface area contributed by atoms with Gasteiger partial charge in [0.1, 0.15) is 11.6 Å². The number of carbonyl (C=O) groups excluding carboxylic acids is 1. The van der Waals surface area contributed by atoms with Crippen LogP contribution in [0, 0.1) is 0 Å². The van der Waals surface area contributed by atoms with Gasteiger partial charge in [-0.15, -0.1) is 10.2 Å². The van der Waals surface area contributed by atoms with Gasteiger partial charge in [0.25, 0.3) is 11.5 Å². The number of hydrogen-bond donors (Lipinski definition) is 1. The van der Waals surface area contributed by atoms with Crippen LogP contribution in [0.5, 0.6) is 0 Å². The monoisotopic (exact) mass is 422 g/mol. The Labute approximate surface area is 181 Å². The molecule has 0 spiro atoms. The van der Waals surface area contributed by atoms with Gasteiger partial charge in [-0.1, -0.05) is 44.4 Å². The molecule has 2 aromatic heterocycles. The molecule has 0 unspecified atom stereocenters. The number of aromatic nitrogens is 5. The number of amides is 1. The van der Waals surface area contributed by atoms with Crippen molar-refractivity contribution in [1.82, 2.24) is 29.9 Å². The molecule has 1 amide bonds. The Bertz CT molecular complexity index is 1120. The lowest BCUT2D eigenvalue weighted by molar-refractivity contribution is 0.0948. The van der Waals surface area contributed by atoms with Gasteiger partial charge in [-0.25, -0.2) is 4.68 Å². The van der Waals surface area contributed by atoms with Crippen LogP contribution in [-0.4, -0.2) is 37.0 Å². The minimum absolute atomic E-state index is 0.144. The Balaban J connectivity index is 1.50. The maximum absolute atomic E-state index is 13.0. The van der Waals surface area contributed by atoms with E-state index in [9.17, 15) is 9.59 Å². The zero-order valence-corrected chi connectivity index (χ0v) is 18.1. The maximum atomic E-state index is 13.0. The fraction of sp³-hybridized carbons (Fsp3) is 0.522. The lowest BCUT2D eigenvalue weighted by atomic mass is 10.1. The van der Waals surface area contributed by atoms with Gasteiger partial charge in [-0.05, 0) is 25.3 Å². The first kappa shape index (κ1) is 21.2. The van der Waals surface area contributed by atoms with Crippen molar-refractivity contribution < 1.29 is 4.79 Å². The summed E-state index contributed by atoms with van der Waals surface area (Å²) < 4.78 is 3.63. The SMILES string of the molecule is CCCCCn1nc(C(=O)NCCc2nnc3n2CCCCC3)c2ccccc2c1=O. The van der Waals surface area contributed by atoms with Crippen molar-refractivity contribution in [3.05, 3.63) is 52.0 Å². The van der Waals surface area contributed by atoms with Gasteiger partial charge >= 0.3 is 0 Å². The third-order valence-corrected chi connectivity index (χ3v) is 5.88. The number of hydrogen-bond acceptors (Lipinski definition) is 5. The Morgan fingerprint density at radius 2 is 1.94 bits per heavy atom. The van der Waals surface area contributed by atoms with Crippen molar-refractivity contribution >= 4 is 16.7 Å². The van der Waals surface area contributed by atoms with E-state index in [1.54, 1.807) is 12.1 Å². The summed E-state index contributed by atoms with van der Waals surface area (Å²) in [6.45, 7) is 4.02. The van der Waals surface area contributed by atoms with E-state index in [1.807, 2.05) is 12.1 Å². The first-order chi connectivity index (χ1) is 15.2. The predicted octanol–water partition coefficient (Wildman–Crippen LogP) is 2.88. The fourth-order valence-corrected chi connectivity index (χ4v) is 4.17. The Morgan fingerprint density at radius 1 is 1.10 bits per heavy atom. The summed E-state index contributed by atoms with van der Waals surface area (Å²) in [7, 11) is 0. The maximum Gasteiger partial charge on any atom is 0.274 e. The van der Waals surface area contributed by atoms with E-state index < -0.39 is 0 Å². The van der Waals surface area contributed by atoms with E-state index in [1.165, 1.54) is 11.1 Å². The largest absolute Gasteiger partial charge is 0.350 e. The number of fused-ring (bicyclic) bond motifs is 2. The molecule has 3 heterocycles. The lowest BCUT2D eigenvalue weighted by Crippen LogP contribution is -2.32. The molecular weight excluding hydrogens is 392 g/mol. The molecule has 164 valence electrons. The van der Waals surface area contributed by atoms with E-state index in [0.717, 1.165) is 56.7 Å². The van der Waals surface area contributed by atoms with E-state index in [0.29, 0.717) is 36.0 Å². The highest BCUT2D eigenvalue weighted by molar-refractivity contribution is 6.04. The number of unbranched alkanes of at least 4 members (excludes halogenated alkanes) is 2. The summed E-state index contributed by atoms with van der Waals surface area (Å²) >= 11 is 0. The molecule has 0 saturated heterocycles. The molecule has 0 atom stereocenters. The highest BCUT2D eigenvalue weighted by atomic mass is 16.2. The quantitative estimate of drug-likeness (QED) is 0.563. The number of nitrogens with one attached hydrogen (secondary N) is 1. The summed E-state index contributed by atoms with van der Waals surface area (Å²) in [6.07, 6.45) is 8.03. The number of carbonyl (C=O) groups is 1. The summed E-state index contributed by atoms with van der Waals surface area (Å²) in [4.78, 5) is 25.8. The van der Waals surface area contributed by atoms with Crippen LogP contribution in [-0.2, 0) is 25.9 Å². The molecule has 0 bridgehead atoms. The fourth-order valence-electron chi connectivity index (χ4n) is 4.17. The van der Waals surface area contributed by atoms with E-state index in [2.05, 4.69) is 32.1 Å². The molecule has 1 N–H and O–H groups in total. The second-order valence-corrected chi connectivity index (χ2v) is 8.13. The Morgan fingerprint density at radius 3 is 2.77 bits per heavy atom. The molecule has 8 heteroatoms. The van der Waals surface area contributed by atoms with Crippen LogP contribution in [0.2, 0.25) is 0 Å². The van der Waals surface area contributed by atoms with Crippen LogP contribution in [0.25, 0.3) is 10.8 Å². The number of nitrogens with zero attached hydrogens (tertiary/aromatic N) is 5. The first-order valence-electron chi connectivity index (χ1n) is 11.4. The van der Waals surface area contributed by atoms with E-state index in [4.69, 9.17) is 0 Å². The van der Waals surface area contributed by atoms with Crippen LogP contribution in [0.4, 0.5) is 0 Å². The lowest BCUT2D eigenvalue weighted by Gasteiger charge is -2.11. The Hall–Kier alpha value is -3.03. The number of rotatable bonds is 8. The van der Waals surface area contributed by atoms with Gasteiger partial charge in [0.15, 0.2) is 5.69 Å². The van der Waals surface area contributed by atoms with Gasteiger partial charge in [-0.2, -0.15) is 5.10 Å². The van der Waals surface area contributed by atoms with Crippen molar-refractivity contribution in [2.24, 2.45) is 0 Å². The van der Waals surface area contributed by atoms with Gasteiger partial charge in [0, 0.05) is 37.9 Å². The summed E-state index contributed by atoms with van der Waals surface area (Å²) in [5.41, 5.74) is 0.154. The summed E-state index contributed by atoms with van der Waals surface area (Å²) in [6, 6.07) is 7.19. The third-order valence-electron chi connectivity index (χ3n) is 5.88. The highest BCUT2D eigenvalue weighted by Gasteiger charge is 2.18. The smallest absolute Gasteiger partial charge is 0.274 e. The zero-order chi connectivity index (χ0) is 21.6. The normalized spacial score (nSPS) is 13.7. The molecular formula is C23H30N6O2. The number of aryl methyl sites for hydroxylation is 2. The van der Waals surface area contributed by atoms with Crippen LogP contribution >= 0.6 is 0 Å². The molecule has 0 saturated carbocycles. The van der Waals surface area contributed by atoms with Crippen molar-refractivity contribution in [2.75, 3.05) is 6.54 Å². The molecule has 1 aliphatic rings. The van der Waals surface area contributed by atoms with Crippen molar-refractivity contribution in [3.8, 4) is 0 Å². The molecule has 1 aliphatic heterocycles. The minimum atomic E-state index is -0.268. The van der Waals surface area contributed by atoms with Crippen molar-refractivity contribution in [2.45, 2.75) is 71.4 Å². The standard InChI is InChI=1S/C23H30N6O2/c1-2-3-8-16-29-23(31)18-11-7-6-10-17(18)21(27-29)22(30)24-14-13-20-26-25-19-12-5-4-9-15-28(19)20/h6-7,10-11H,2-5,8-9,12-16H2,1H3,(H,24,30). The van der Waals surface area contributed by atoms with Gasteiger partial charge in [0.05, 0.1) is 5.39 Å². The molecule has 0 fully saturated rings. The van der Waals surface area contributed by atoms with Gasteiger partial charge < -0.3 is 9.88 Å². The van der Waals surface area contributed by atoms with Crippen LogP contribution < -0.4 is 10.9 Å². The summed E-state index contributed by atoms with van der Waals surface area (Å²) in [5, 5.41) is 17.2. The van der Waals surface area contributed by atoms with Crippen LogP contribution in [0.15, 0.2) is 29.1 Å². The average Bonchev–Trinajstić information content (AvgIpc) is 3.01.